The largest absolute Gasteiger partial charge is 0.320 e. The summed E-state index contributed by atoms with van der Waals surface area (Å²) in [4.78, 5) is 0. The summed E-state index contributed by atoms with van der Waals surface area (Å²) in [5.74, 6) is 3.50. The Hall–Kier alpha value is 0.210. The first-order chi connectivity index (χ1) is 2.00. The minimum absolute atomic E-state index is 0. The van der Waals surface area contributed by atoms with E-state index in [2.05, 4.69) is 5.90 Å². The summed E-state index contributed by atoms with van der Waals surface area (Å²) in [6.45, 7) is 4.00. The second-order valence-corrected chi connectivity index (χ2v) is 0. The Balaban J connectivity index is -0.0000000133. The van der Waals surface area contributed by atoms with E-state index < -0.39 is 0 Å². The Labute approximate surface area is 38.4 Å². The van der Waals surface area contributed by atoms with Crippen LogP contribution >= 0.6 is 12.4 Å². The fourth-order valence-electron chi connectivity index (χ4n) is 0. The molecular formula is C2H10ClNO. The lowest BCUT2D eigenvalue weighted by atomic mass is 11.0. The van der Waals surface area contributed by atoms with Crippen molar-refractivity contribution in [3.05, 3.63) is 0 Å². The van der Waals surface area contributed by atoms with Crippen LogP contribution in [0.15, 0.2) is 0 Å². The molecule has 0 fully saturated rings. The highest BCUT2D eigenvalue weighted by molar-refractivity contribution is 5.85. The van der Waals surface area contributed by atoms with Crippen molar-refractivity contribution in [1.82, 2.24) is 0 Å². The van der Waals surface area contributed by atoms with Crippen molar-refractivity contribution in [2.75, 3.05) is 0 Å². The van der Waals surface area contributed by atoms with Gasteiger partial charge in [-0.2, -0.15) is 0 Å². The van der Waals surface area contributed by atoms with Crippen molar-refractivity contribution in [2.24, 2.45) is 5.90 Å². The van der Waals surface area contributed by atoms with Crippen LogP contribution in [0.25, 0.3) is 0 Å². The molecule has 0 unspecified atom stereocenters. The SMILES string of the molecule is CC.Cl.NO. The second-order valence-electron chi connectivity index (χ2n) is 0. The second kappa shape index (κ2) is 984. The normalized spacial score (nSPS) is 2.40. The predicted molar refractivity (Wildman–Crippen MR) is 24.6 cm³/mol. The molecule has 0 amide bonds. The average molecular weight is 99.6 g/mol. The monoisotopic (exact) mass is 99.0 g/mol. The van der Waals surface area contributed by atoms with Gasteiger partial charge >= 0.3 is 0 Å². The van der Waals surface area contributed by atoms with Crippen molar-refractivity contribution in [3.8, 4) is 0 Å². The zero-order valence-corrected chi connectivity index (χ0v) is 4.25. The third kappa shape index (κ3) is 466. The number of hydrogen-bond acceptors (Lipinski definition) is 2. The van der Waals surface area contributed by atoms with Crippen LogP contribution in [-0.4, -0.2) is 5.21 Å². The summed E-state index contributed by atoms with van der Waals surface area (Å²) in [5.41, 5.74) is 0. The lowest BCUT2D eigenvalue weighted by Gasteiger charge is -1.27. The standard InChI is InChI=1S/C2H6.ClH.H3NO/c1-2;;1-2/h1-2H3;1H;2H,1H2. The Morgan fingerprint density at radius 2 is 1.20 bits per heavy atom. The van der Waals surface area contributed by atoms with E-state index in [0.717, 1.165) is 0 Å². The lowest BCUT2D eigenvalue weighted by molar-refractivity contribution is 0.311. The topological polar surface area (TPSA) is 46.2 Å². The van der Waals surface area contributed by atoms with Gasteiger partial charge in [-0.25, -0.2) is 5.90 Å². The molecule has 0 spiro atoms. The molecule has 0 aromatic heterocycles. The van der Waals surface area contributed by atoms with Crippen LogP contribution in [0.3, 0.4) is 0 Å². The zero-order valence-electron chi connectivity index (χ0n) is 3.43. The van der Waals surface area contributed by atoms with E-state index >= 15 is 0 Å². The van der Waals surface area contributed by atoms with Crippen molar-refractivity contribution in [1.29, 1.82) is 0 Å². The van der Waals surface area contributed by atoms with Gasteiger partial charge in [0.15, 0.2) is 0 Å². The summed E-state index contributed by atoms with van der Waals surface area (Å²) in [7, 11) is 0. The van der Waals surface area contributed by atoms with Crippen molar-refractivity contribution in [2.45, 2.75) is 13.8 Å². The maximum atomic E-state index is 6.50. The van der Waals surface area contributed by atoms with Crippen LogP contribution < -0.4 is 5.90 Å². The molecule has 0 aromatic rings. The molecule has 0 aliphatic rings. The molecule has 0 aromatic carbocycles. The fraction of sp³-hybridized carbons (Fsp3) is 1.00. The smallest absolute Gasteiger partial charge is 0.0683 e. The van der Waals surface area contributed by atoms with Gasteiger partial charge < -0.3 is 5.21 Å². The molecule has 0 heterocycles. The van der Waals surface area contributed by atoms with Gasteiger partial charge in [-0.15, -0.1) is 12.4 Å². The number of hydrogen-bond donors (Lipinski definition) is 2. The van der Waals surface area contributed by atoms with Crippen molar-refractivity contribution in [3.63, 3.8) is 0 Å². The molecule has 0 aliphatic carbocycles. The van der Waals surface area contributed by atoms with Crippen LogP contribution in [0.5, 0.6) is 0 Å². The Bertz CT molecular complexity index is 9.61. The van der Waals surface area contributed by atoms with E-state index in [9.17, 15) is 0 Å². The van der Waals surface area contributed by atoms with E-state index in [-0.39, 0.29) is 12.4 Å². The molecule has 0 rings (SSSR count). The lowest BCUT2D eigenvalue weighted by Crippen LogP contribution is -1.72. The molecule has 2 nitrogen and oxygen atoms in total. The van der Waals surface area contributed by atoms with Gasteiger partial charge in [0, 0.05) is 0 Å². The van der Waals surface area contributed by atoms with Gasteiger partial charge in [0.25, 0.3) is 0 Å². The van der Waals surface area contributed by atoms with E-state index in [1.165, 1.54) is 0 Å². The van der Waals surface area contributed by atoms with Crippen molar-refractivity contribution >= 4 is 12.4 Å². The molecule has 0 saturated carbocycles. The summed E-state index contributed by atoms with van der Waals surface area (Å²) in [6, 6.07) is 0. The first kappa shape index (κ1) is 18.9. The number of halogens is 1. The molecule has 3 N–H and O–H groups in total. The van der Waals surface area contributed by atoms with Crippen LogP contribution in [-0.2, 0) is 0 Å². The highest BCUT2D eigenvalue weighted by atomic mass is 35.5. The Morgan fingerprint density at radius 3 is 1.20 bits per heavy atom. The number of rotatable bonds is 0. The highest BCUT2D eigenvalue weighted by Crippen LogP contribution is 1.14. The zero-order chi connectivity index (χ0) is 4.00. The summed E-state index contributed by atoms with van der Waals surface area (Å²) >= 11 is 0. The van der Waals surface area contributed by atoms with Gasteiger partial charge in [0.2, 0.25) is 0 Å². The van der Waals surface area contributed by atoms with Gasteiger partial charge in [0.1, 0.15) is 0 Å². The molecular weight excluding hydrogens is 89.5 g/mol. The average Bonchev–Trinajstić information content (AvgIpc) is 1.50. The highest BCUT2D eigenvalue weighted by Gasteiger charge is 0.932. The first-order valence-corrected chi connectivity index (χ1v) is 1.26. The minimum atomic E-state index is 0. The maximum absolute atomic E-state index is 6.50. The van der Waals surface area contributed by atoms with Gasteiger partial charge in [-0.3, -0.25) is 0 Å². The third-order valence-electron chi connectivity index (χ3n) is 0. The molecule has 5 heavy (non-hydrogen) atoms. The molecule has 36 valence electrons. The van der Waals surface area contributed by atoms with Gasteiger partial charge in [-0.05, 0) is 0 Å². The van der Waals surface area contributed by atoms with E-state index in [4.69, 9.17) is 5.21 Å². The van der Waals surface area contributed by atoms with E-state index in [0.29, 0.717) is 0 Å². The van der Waals surface area contributed by atoms with Gasteiger partial charge in [0.05, 0.1) is 0 Å². The molecule has 0 atom stereocenters. The van der Waals surface area contributed by atoms with Crippen molar-refractivity contribution < 1.29 is 5.21 Å². The minimum Gasteiger partial charge on any atom is -0.320 e. The summed E-state index contributed by atoms with van der Waals surface area (Å²) in [5, 5.41) is 6.50. The Kier molecular flexibility index (Phi) is 3720. The van der Waals surface area contributed by atoms with Crippen LogP contribution in [0.2, 0.25) is 0 Å². The third-order valence-corrected chi connectivity index (χ3v) is 0. The molecule has 3 heteroatoms. The summed E-state index contributed by atoms with van der Waals surface area (Å²) in [6.07, 6.45) is 0. The fourth-order valence-corrected chi connectivity index (χ4v) is 0. The maximum Gasteiger partial charge on any atom is -0.0683 e. The molecule has 0 aliphatic heterocycles. The molecule has 0 saturated heterocycles. The Morgan fingerprint density at radius 1 is 1.20 bits per heavy atom. The molecule has 0 bridgehead atoms. The van der Waals surface area contributed by atoms with Crippen LogP contribution in [0.1, 0.15) is 13.8 Å². The quantitative estimate of drug-likeness (QED) is 0.441. The molecule has 0 radical (unpaired) electrons. The predicted octanol–water partition coefficient (Wildman–Crippen LogP) is 0.782. The van der Waals surface area contributed by atoms with E-state index in [1.54, 1.807) is 0 Å². The van der Waals surface area contributed by atoms with Gasteiger partial charge in [-0.1, -0.05) is 13.8 Å². The first-order valence-electron chi connectivity index (χ1n) is 1.26. The van der Waals surface area contributed by atoms with Crippen LogP contribution in [0, 0.1) is 0 Å². The van der Waals surface area contributed by atoms with Crippen LogP contribution in [0.4, 0.5) is 0 Å². The number of nitrogens with two attached hydrogens (primary N) is 1. The van der Waals surface area contributed by atoms with E-state index in [1.807, 2.05) is 13.8 Å². The summed E-state index contributed by atoms with van der Waals surface area (Å²) < 4.78 is 0.